The molecule has 0 aliphatic heterocycles. The van der Waals surface area contributed by atoms with E-state index in [9.17, 15) is 0 Å². The molecule has 0 fully saturated rings. The van der Waals surface area contributed by atoms with E-state index < -0.39 is 0 Å². The summed E-state index contributed by atoms with van der Waals surface area (Å²) in [6, 6.07) is 19.3. The molecule has 1 aromatic heterocycles. The number of rotatable bonds is 7. The third kappa shape index (κ3) is 3.38. The summed E-state index contributed by atoms with van der Waals surface area (Å²) in [5.41, 5.74) is 3.94. The Bertz CT molecular complexity index is 719. The van der Waals surface area contributed by atoms with E-state index >= 15 is 0 Å². The summed E-state index contributed by atoms with van der Waals surface area (Å²) in [5, 5.41) is 4.74. The van der Waals surface area contributed by atoms with E-state index in [4.69, 9.17) is 4.74 Å². The molecular weight excluding hydrogens is 272 g/mol. The molecule has 0 atom stereocenters. The number of hydrogen-bond acceptors (Lipinski definition) is 2. The first kappa shape index (κ1) is 14.8. The molecular formula is C19H22N2O. The Morgan fingerprint density at radius 2 is 1.86 bits per heavy atom. The van der Waals surface area contributed by atoms with Crippen LogP contribution in [-0.2, 0) is 17.8 Å². The lowest BCUT2D eigenvalue weighted by atomic mass is 10.1. The van der Waals surface area contributed by atoms with Crippen LogP contribution in [0.25, 0.3) is 10.9 Å². The Hall–Kier alpha value is -2.10. The number of nitrogens with zero attached hydrogens (tertiary/aromatic N) is 1. The van der Waals surface area contributed by atoms with Crippen LogP contribution in [0.4, 0.5) is 0 Å². The lowest BCUT2D eigenvalue weighted by Gasteiger charge is -2.08. The molecule has 1 heterocycles. The topological polar surface area (TPSA) is 26.2 Å². The minimum absolute atomic E-state index is 0.741. The molecule has 114 valence electrons. The zero-order valence-corrected chi connectivity index (χ0v) is 13.0. The van der Waals surface area contributed by atoms with Gasteiger partial charge >= 0.3 is 0 Å². The van der Waals surface area contributed by atoms with Crippen molar-refractivity contribution in [1.82, 2.24) is 9.88 Å². The van der Waals surface area contributed by atoms with Crippen molar-refractivity contribution in [2.45, 2.75) is 13.1 Å². The molecule has 3 nitrogen and oxygen atoms in total. The molecule has 2 aromatic carbocycles. The Kier molecular flexibility index (Phi) is 4.88. The quantitative estimate of drug-likeness (QED) is 0.676. The smallest absolute Gasteiger partial charge is 0.0587 e. The molecule has 0 aliphatic carbocycles. The fourth-order valence-corrected chi connectivity index (χ4v) is 2.76. The maximum Gasteiger partial charge on any atom is 0.0587 e. The maximum absolute atomic E-state index is 5.07. The Balaban J connectivity index is 1.79. The number of methoxy groups -OCH3 is 1. The molecule has 22 heavy (non-hydrogen) atoms. The van der Waals surface area contributed by atoms with E-state index in [1.54, 1.807) is 7.11 Å². The molecule has 0 amide bonds. The molecule has 0 saturated heterocycles. The van der Waals surface area contributed by atoms with Gasteiger partial charge in [-0.2, -0.15) is 0 Å². The molecule has 0 radical (unpaired) electrons. The predicted octanol–water partition coefficient (Wildman–Crippen LogP) is 3.43. The molecule has 1 N–H and O–H groups in total. The van der Waals surface area contributed by atoms with Crippen molar-refractivity contribution in [3.63, 3.8) is 0 Å². The van der Waals surface area contributed by atoms with Crippen LogP contribution < -0.4 is 5.32 Å². The summed E-state index contributed by atoms with van der Waals surface area (Å²) in [5.74, 6) is 0. The van der Waals surface area contributed by atoms with E-state index in [0.717, 1.165) is 26.2 Å². The third-order valence-electron chi connectivity index (χ3n) is 3.90. The van der Waals surface area contributed by atoms with E-state index in [-0.39, 0.29) is 0 Å². The fraction of sp³-hybridized carbons (Fsp3) is 0.263. The first-order chi connectivity index (χ1) is 10.9. The van der Waals surface area contributed by atoms with Gasteiger partial charge in [0.15, 0.2) is 0 Å². The van der Waals surface area contributed by atoms with E-state index in [2.05, 4.69) is 70.7 Å². The van der Waals surface area contributed by atoms with Gasteiger partial charge in [-0.1, -0.05) is 42.5 Å². The number of aromatic nitrogens is 1. The minimum Gasteiger partial charge on any atom is -0.383 e. The van der Waals surface area contributed by atoms with Crippen molar-refractivity contribution in [2.24, 2.45) is 0 Å². The highest BCUT2D eigenvalue weighted by Crippen LogP contribution is 2.21. The van der Waals surface area contributed by atoms with Crippen LogP contribution in [0.5, 0.6) is 0 Å². The van der Waals surface area contributed by atoms with Gasteiger partial charge in [0.2, 0.25) is 0 Å². The van der Waals surface area contributed by atoms with Crippen LogP contribution in [0.1, 0.15) is 11.1 Å². The van der Waals surface area contributed by atoms with Gasteiger partial charge in [-0.05, 0) is 23.3 Å². The lowest BCUT2D eigenvalue weighted by molar-refractivity contribution is 0.199. The second-order valence-electron chi connectivity index (χ2n) is 5.45. The van der Waals surface area contributed by atoms with Crippen molar-refractivity contribution < 1.29 is 4.74 Å². The molecule has 0 unspecified atom stereocenters. The van der Waals surface area contributed by atoms with E-state index in [1.165, 1.54) is 22.0 Å². The maximum atomic E-state index is 5.07. The van der Waals surface area contributed by atoms with Gasteiger partial charge < -0.3 is 14.6 Å². The average molecular weight is 294 g/mol. The van der Waals surface area contributed by atoms with Gasteiger partial charge in [-0.15, -0.1) is 0 Å². The zero-order chi connectivity index (χ0) is 15.2. The molecule has 0 spiro atoms. The SMILES string of the molecule is COCCNCc1cccc2c1ccn2Cc1ccccc1. The highest BCUT2D eigenvalue weighted by molar-refractivity contribution is 5.83. The first-order valence-corrected chi connectivity index (χ1v) is 7.69. The normalized spacial score (nSPS) is 11.1. The Labute approximate surface area is 131 Å². The van der Waals surface area contributed by atoms with Crippen molar-refractivity contribution in [3.05, 3.63) is 71.9 Å². The summed E-state index contributed by atoms with van der Waals surface area (Å²) in [6.45, 7) is 3.39. The van der Waals surface area contributed by atoms with Gasteiger partial charge in [0.1, 0.15) is 0 Å². The number of nitrogens with one attached hydrogen (secondary N) is 1. The number of hydrogen-bond donors (Lipinski definition) is 1. The van der Waals surface area contributed by atoms with Gasteiger partial charge in [0.05, 0.1) is 6.61 Å². The number of benzene rings is 2. The summed E-state index contributed by atoms with van der Waals surface area (Å²) in [6.07, 6.45) is 2.18. The van der Waals surface area contributed by atoms with E-state index in [0.29, 0.717) is 0 Å². The molecule has 0 saturated carbocycles. The highest BCUT2D eigenvalue weighted by atomic mass is 16.5. The van der Waals surface area contributed by atoms with Crippen LogP contribution >= 0.6 is 0 Å². The highest BCUT2D eigenvalue weighted by Gasteiger charge is 2.05. The third-order valence-corrected chi connectivity index (χ3v) is 3.90. The number of ether oxygens (including phenoxy) is 1. The first-order valence-electron chi connectivity index (χ1n) is 7.69. The van der Waals surface area contributed by atoms with Gasteiger partial charge in [0, 0.05) is 43.8 Å². The van der Waals surface area contributed by atoms with Gasteiger partial charge in [-0.3, -0.25) is 0 Å². The Morgan fingerprint density at radius 3 is 2.68 bits per heavy atom. The largest absolute Gasteiger partial charge is 0.383 e. The number of fused-ring (bicyclic) bond motifs is 1. The summed E-state index contributed by atoms with van der Waals surface area (Å²) < 4.78 is 7.38. The monoisotopic (exact) mass is 294 g/mol. The standard InChI is InChI=1S/C19H22N2O/c1-22-13-11-20-14-17-8-5-9-19-18(17)10-12-21(19)15-16-6-3-2-4-7-16/h2-10,12,20H,11,13-15H2,1H3. The van der Waals surface area contributed by atoms with Gasteiger partial charge in [-0.25, -0.2) is 0 Å². The lowest BCUT2D eigenvalue weighted by Crippen LogP contribution is -2.18. The minimum atomic E-state index is 0.741. The summed E-state index contributed by atoms with van der Waals surface area (Å²) in [4.78, 5) is 0. The van der Waals surface area contributed by atoms with Crippen molar-refractivity contribution in [3.8, 4) is 0 Å². The van der Waals surface area contributed by atoms with Crippen LogP contribution in [-0.4, -0.2) is 24.8 Å². The van der Waals surface area contributed by atoms with Gasteiger partial charge in [0.25, 0.3) is 0 Å². The second-order valence-corrected chi connectivity index (χ2v) is 5.45. The molecule has 0 aliphatic rings. The average Bonchev–Trinajstić information content (AvgIpc) is 2.96. The van der Waals surface area contributed by atoms with Crippen molar-refractivity contribution in [1.29, 1.82) is 0 Å². The zero-order valence-electron chi connectivity index (χ0n) is 13.0. The van der Waals surface area contributed by atoms with Crippen LogP contribution in [0.15, 0.2) is 60.8 Å². The fourth-order valence-electron chi connectivity index (χ4n) is 2.76. The summed E-state index contributed by atoms with van der Waals surface area (Å²) in [7, 11) is 1.73. The van der Waals surface area contributed by atoms with Crippen molar-refractivity contribution in [2.75, 3.05) is 20.3 Å². The molecule has 3 aromatic rings. The second kappa shape index (κ2) is 7.25. The molecule has 3 rings (SSSR count). The van der Waals surface area contributed by atoms with Crippen LogP contribution in [0.2, 0.25) is 0 Å². The Morgan fingerprint density at radius 1 is 1.00 bits per heavy atom. The van der Waals surface area contributed by atoms with Crippen molar-refractivity contribution >= 4 is 10.9 Å². The van der Waals surface area contributed by atoms with Crippen LogP contribution in [0, 0.1) is 0 Å². The van der Waals surface area contributed by atoms with E-state index in [1.807, 2.05) is 0 Å². The van der Waals surface area contributed by atoms with Crippen LogP contribution in [0.3, 0.4) is 0 Å². The molecule has 3 heteroatoms. The predicted molar refractivity (Wildman–Crippen MR) is 91.1 cm³/mol. The summed E-state index contributed by atoms with van der Waals surface area (Å²) >= 11 is 0. The molecule has 0 bridgehead atoms.